The number of carbonyl (C=O) groups is 1. The molecule has 0 unspecified atom stereocenters. The number of nitrogens with one attached hydrogen (secondary N) is 1. The Kier molecular flexibility index (Phi) is 5.40. The second-order valence-electron chi connectivity index (χ2n) is 7.32. The van der Waals surface area contributed by atoms with Gasteiger partial charge in [0.2, 0.25) is 0 Å². The summed E-state index contributed by atoms with van der Waals surface area (Å²) in [6.07, 6.45) is 3.10. The number of piperidine rings is 1. The van der Waals surface area contributed by atoms with Crippen LogP contribution in [0.3, 0.4) is 0 Å². The number of aliphatic hydroxyl groups is 1. The van der Waals surface area contributed by atoms with Crippen molar-refractivity contribution < 1.29 is 14.6 Å². The highest BCUT2D eigenvalue weighted by molar-refractivity contribution is 5.92. The number of rotatable bonds is 5. The fraction of sp³-hybridized carbons (Fsp3) is 0.500. The van der Waals surface area contributed by atoms with Gasteiger partial charge in [-0.05, 0) is 44.1 Å². The van der Waals surface area contributed by atoms with Crippen molar-refractivity contribution in [2.24, 2.45) is 0 Å². The van der Waals surface area contributed by atoms with Gasteiger partial charge in [-0.2, -0.15) is 5.10 Å². The van der Waals surface area contributed by atoms with Gasteiger partial charge in [0.15, 0.2) is 5.69 Å². The van der Waals surface area contributed by atoms with Crippen LogP contribution in [0.4, 0.5) is 0 Å². The predicted octanol–water partition coefficient (Wildman–Crippen LogP) is 1.66. The number of nitrogens with zero attached hydrogens (tertiary/aromatic N) is 3. The summed E-state index contributed by atoms with van der Waals surface area (Å²) in [6.45, 7) is 3.26. The van der Waals surface area contributed by atoms with E-state index < -0.39 is 6.10 Å². The quantitative estimate of drug-likeness (QED) is 0.837. The average molecular weight is 370 g/mol. The van der Waals surface area contributed by atoms with Crippen molar-refractivity contribution in [3.63, 3.8) is 0 Å². The molecule has 27 heavy (non-hydrogen) atoms. The molecule has 0 bridgehead atoms. The zero-order valence-corrected chi connectivity index (χ0v) is 15.4. The van der Waals surface area contributed by atoms with Crippen molar-refractivity contribution >= 4 is 5.91 Å². The number of ether oxygens (including phenoxy) is 1. The zero-order chi connectivity index (χ0) is 18.6. The molecule has 144 valence electrons. The summed E-state index contributed by atoms with van der Waals surface area (Å²) in [4.78, 5) is 16.8. The van der Waals surface area contributed by atoms with E-state index in [2.05, 4.69) is 15.1 Å². The molecule has 2 saturated heterocycles. The number of β-amino-alcohol motifs (C(OH)–C–C–N with tert-alkyl or cyclic N) is 1. The number of benzene rings is 1. The predicted molar refractivity (Wildman–Crippen MR) is 100 cm³/mol. The summed E-state index contributed by atoms with van der Waals surface area (Å²) in [7, 11) is 0. The molecule has 2 atom stereocenters. The number of aromatic nitrogens is 2. The van der Waals surface area contributed by atoms with E-state index >= 15 is 0 Å². The number of carbonyl (C=O) groups excluding carboxylic acids is 1. The molecule has 2 N–H and O–H groups in total. The Morgan fingerprint density at radius 2 is 1.96 bits per heavy atom. The lowest BCUT2D eigenvalue weighted by Crippen LogP contribution is -2.46. The third-order valence-electron chi connectivity index (χ3n) is 5.39. The van der Waals surface area contributed by atoms with Gasteiger partial charge in [0, 0.05) is 13.1 Å². The van der Waals surface area contributed by atoms with E-state index in [9.17, 15) is 9.90 Å². The number of hydrogen-bond acceptors (Lipinski definition) is 5. The Morgan fingerprint density at radius 3 is 2.74 bits per heavy atom. The molecule has 1 amide bonds. The molecule has 1 aromatic carbocycles. The number of aliphatic hydroxyl groups excluding tert-OH is 1. The van der Waals surface area contributed by atoms with E-state index in [0.717, 1.165) is 24.5 Å². The van der Waals surface area contributed by atoms with Crippen LogP contribution in [0, 0.1) is 0 Å². The van der Waals surface area contributed by atoms with Crippen molar-refractivity contribution in [1.82, 2.24) is 20.0 Å². The fourth-order valence-corrected chi connectivity index (χ4v) is 3.93. The highest BCUT2D eigenvalue weighted by atomic mass is 16.5. The first-order valence-corrected chi connectivity index (χ1v) is 9.64. The Labute approximate surface area is 158 Å². The number of para-hydroxylation sites is 1. The van der Waals surface area contributed by atoms with E-state index in [1.54, 1.807) is 11.0 Å². The van der Waals surface area contributed by atoms with Gasteiger partial charge >= 0.3 is 0 Å². The highest BCUT2D eigenvalue weighted by Gasteiger charge is 2.38. The molecule has 7 heteroatoms. The van der Waals surface area contributed by atoms with E-state index in [-0.39, 0.29) is 11.9 Å². The molecule has 1 aromatic heterocycles. The minimum absolute atomic E-state index is 0.0362. The molecule has 4 rings (SSSR count). The van der Waals surface area contributed by atoms with Crippen molar-refractivity contribution in [3.8, 4) is 5.75 Å². The summed E-state index contributed by atoms with van der Waals surface area (Å²) in [5.74, 6) is 0.628. The van der Waals surface area contributed by atoms with Crippen LogP contribution in [0.5, 0.6) is 5.75 Å². The number of hydrogen-bond donors (Lipinski definition) is 2. The van der Waals surface area contributed by atoms with Crippen molar-refractivity contribution in [2.45, 2.75) is 38.0 Å². The van der Waals surface area contributed by atoms with E-state index in [0.29, 0.717) is 25.4 Å². The summed E-state index contributed by atoms with van der Waals surface area (Å²) in [5.41, 5.74) is 1.11. The smallest absolute Gasteiger partial charge is 0.274 e. The first-order chi connectivity index (χ1) is 13.2. The number of likely N-dealkylation sites (tertiary alicyclic amines) is 2. The van der Waals surface area contributed by atoms with Crippen molar-refractivity contribution in [2.75, 3.05) is 26.2 Å². The summed E-state index contributed by atoms with van der Waals surface area (Å²) in [6, 6.07) is 11.3. The van der Waals surface area contributed by atoms with Gasteiger partial charge in [-0.25, -0.2) is 0 Å². The standard InChI is InChI=1S/C20H26N4O3/c25-19-13-24(12-18(19)23-9-5-2-6-10-23)20(26)17-11-15(21-22-17)14-27-16-7-3-1-4-8-16/h1,3-4,7-8,11,18-19,25H,2,5-6,9-10,12-14H2,(H,21,22)/t18-,19-/m0/s1. The molecule has 0 radical (unpaired) electrons. The molecule has 2 fully saturated rings. The molecular formula is C20H26N4O3. The maximum Gasteiger partial charge on any atom is 0.274 e. The topological polar surface area (TPSA) is 81.7 Å². The second kappa shape index (κ2) is 8.10. The van der Waals surface area contributed by atoms with Gasteiger partial charge in [0.05, 0.1) is 17.8 Å². The van der Waals surface area contributed by atoms with Gasteiger partial charge in [0.1, 0.15) is 12.4 Å². The Morgan fingerprint density at radius 1 is 1.19 bits per heavy atom. The Bertz CT molecular complexity index is 758. The molecular weight excluding hydrogens is 344 g/mol. The number of amides is 1. The maximum absolute atomic E-state index is 12.8. The van der Waals surface area contributed by atoms with E-state index in [1.165, 1.54) is 19.3 Å². The second-order valence-corrected chi connectivity index (χ2v) is 7.32. The maximum atomic E-state index is 12.8. The van der Waals surface area contributed by atoms with Crippen LogP contribution in [-0.2, 0) is 6.61 Å². The fourth-order valence-electron chi connectivity index (χ4n) is 3.93. The molecule has 0 spiro atoms. The summed E-state index contributed by atoms with van der Waals surface area (Å²) >= 11 is 0. The van der Waals surface area contributed by atoms with E-state index in [4.69, 9.17) is 4.74 Å². The Hall–Kier alpha value is -2.38. The van der Waals surface area contributed by atoms with Gasteiger partial charge < -0.3 is 14.7 Å². The lowest BCUT2D eigenvalue weighted by molar-refractivity contribution is 0.0702. The molecule has 2 aromatic rings. The number of aromatic amines is 1. The van der Waals surface area contributed by atoms with Gasteiger partial charge in [-0.15, -0.1) is 0 Å². The first-order valence-electron chi connectivity index (χ1n) is 9.64. The lowest BCUT2D eigenvalue weighted by Gasteiger charge is -2.33. The van der Waals surface area contributed by atoms with Gasteiger partial charge in [-0.1, -0.05) is 24.6 Å². The van der Waals surface area contributed by atoms with Crippen molar-refractivity contribution in [3.05, 3.63) is 47.8 Å². The third kappa shape index (κ3) is 4.14. The minimum atomic E-state index is -0.494. The van der Waals surface area contributed by atoms with Gasteiger partial charge in [0.25, 0.3) is 5.91 Å². The molecule has 0 aliphatic carbocycles. The van der Waals surface area contributed by atoms with Crippen LogP contribution in [-0.4, -0.2) is 69.3 Å². The number of H-pyrrole nitrogens is 1. The lowest BCUT2D eigenvalue weighted by atomic mass is 10.1. The van der Waals surface area contributed by atoms with Gasteiger partial charge in [-0.3, -0.25) is 14.8 Å². The zero-order valence-electron chi connectivity index (χ0n) is 15.4. The van der Waals surface area contributed by atoms with Crippen LogP contribution in [0.15, 0.2) is 36.4 Å². The Balaban J connectivity index is 1.35. The average Bonchev–Trinajstić information content (AvgIpc) is 3.34. The largest absolute Gasteiger partial charge is 0.487 e. The molecule has 2 aliphatic heterocycles. The molecule has 7 nitrogen and oxygen atoms in total. The van der Waals surface area contributed by atoms with Crippen molar-refractivity contribution in [1.29, 1.82) is 0 Å². The SMILES string of the molecule is O=C(c1cc(COc2ccccc2)[nH]n1)N1C[C@H](O)[C@@H](N2CCCCC2)C1. The minimum Gasteiger partial charge on any atom is -0.487 e. The molecule has 2 aliphatic rings. The molecule has 0 saturated carbocycles. The van der Waals surface area contributed by atoms with Crippen LogP contribution in [0.1, 0.15) is 35.4 Å². The normalized spacial score (nSPS) is 23.5. The first kappa shape index (κ1) is 18.0. The molecule has 3 heterocycles. The van der Waals surface area contributed by atoms with E-state index in [1.807, 2.05) is 30.3 Å². The third-order valence-corrected chi connectivity index (χ3v) is 5.39. The van der Waals surface area contributed by atoms with Crippen LogP contribution >= 0.6 is 0 Å². The highest BCUT2D eigenvalue weighted by Crippen LogP contribution is 2.22. The van der Waals surface area contributed by atoms with Crippen LogP contribution < -0.4 is 4.74 Å². The monoisotopic (exact) mass is 370 g/mol. The van der Waals surface area contributed by atoms with Crippen LogP contribution in [0.25, 0.3) is 0 Å². The summed E-state index contributed by atoms with van der Waals surface area (Å²) in [5, 5.41) is 17.5. The summed E-state index contributed by atoms with van der Waals surface area (Å²) < 4.78 is 5.68. The van der Waals surface area contributed by atoms with Crippen LogP contribution in [0.2, 0.25) is 0 Å².